The predicted molar refractivity (Wildman–Crippen MR) is 93.3 cm³/mol. The van der Waals surface area contributed by atoms with Crippen LogP contribution >= 0.6 is 0 Å². The molecule has 0 aliphatic rings. The van der Waals surface area contributed by atoms with Gasteiger partial charge in [0.15, 0.2) is 11.8 Å². The number of azo groups is 1. The summed E-state index contributed by atoms with van der Waals surface area (Å²) in [5.74, 6) is 1.29. The van der Waals surface area contributed by atoms with E-state index in [0.29, 0.717) is 22.7 Å². The molecule has 0 fully saturated rings. The Kier molecular flexibility index (Phi) is 8.30. The van der Waals surface area contributed by atoms with Crippen molar-refractivity contribution in [3.63, 3.8) is 0 Å². The second kappa shape index (κ2) is 10.5. The first kappa shape index (κ1) is 18.9. The van der Waals surface area contributed by atoms with Crippen LogP contribution in [-0.2, 0) is 11.8 Å². The third-order valence-corrected chi connectivity index (χ3v) is 2.74. The molecule has 128 valence electrons. The van der Waals surface area contributed by atoms with Crippen molar-refractivity contribution in [2.24, 2.45) is 27.5 Å². The Morgan fingerprint density at radius 2 is 2.17 bits per heavy atom. The van der Waals surface area contributed by atoms with Crippen LogP contribution in [0.5, 0.6) is 5.75 Å². The Morgan fingerprint density at radius 1 is 1.38 bits per heavy atom. The van der Waals surface area contributed by atoms with Gasteiger partial charge in [0, 0.05) is 32.4 Å². The van der Waals surface area contributed by atoms with E-state index in [-0.39, 0.29) is 0 Å². The number of hydrogen-bond donors (Lipinski definition) is 1. The minimum Gasteiger partial charge on any atom is -0.497 e. The number of aromatic nitrogens is 1. The zero-order valence-electron chi connectivity index (χ0n) is 14.3. The zero-order chi connectivity index (χ0) is 17.8. The van der Waals surface area contributed by atoms with Crippen LogP contribution in [0.3, 0.4) is 0 Å². The van der Waals surface area contributed by atoms with Crippen LogP contribution in [0, 0.1) is 0 Å². The van der Waals surface area contributed by atoms with Crippen LogP contribution in [0.1, 0.15) is 0 Å². The molecule has 0 bridgehead atoms. The number of methoxy groups -OCH3 is 2. The summed E-state index contributed by atoms with van der Waals surface area (Å²) in [6, 6.07) is 3.59. The van der Waals surface area contributed by atoms with Crippen LogP contribution < -0.4 is 15.5 Å². The predicted octanol–water partition coefficient (Wildman–Crippen LogP) is 2.11. The molecule has 0 saturated heterocycles. The fraction of sp³-hybridized carbons (Fsp3) is 0.250. The summed E-state index contributed by atoms with van der Waals surface area (Å²) in [5, 5.41) is 18.4. The fourth-order valence-corrected chi connectivity index (χ4v) is 1.51. The Labute approximate surface area is 141 Å². The summed E-state index contributed by atoms with van der Waals surface area (Å²) in [6.45, 7) is 3.76. The highest BCUT2D eigenvalue weighted by atomic mass is 16.5. The van der Waals surface area contributed by atoms with Gasteiger partial charge in [0.1, 0.15) is 11.5 Å². The molecule has 0 atom stereocenters. The first-order valence-corrected chi connectivity index (χ1v) is 7.06. The Hall–Kier alpha value is -3.16. The smallest absolute Gasteiger partial charge is 0.160 e. The van der Waals surface area contributed by atoms with E-state index in [1.165, 1.54) is 6.34 Å². The zero-order valence-corrected chi connectivity index (χ0v) is 14.3. The number of ether oxygens (including phenoxy) is 2. The summed E-state index contributed by atoms with van der Waals surface area (Å²) < 4.78 is 12.1. The van der Waals surface area contributed by atoms with E-state index in [1.54, 1.807) is 50.3 Å². The van der Waals surface area contributed by atoms with Gasteiger partial charge in [-0.2, -0.15) is 5.11 Å². The van der Waals surface area contributed by atoms with Gasteiger partial charge in [-0.3, -0.25) is 0 Å². The van der Waals surface area contributed by atoms with Crippen molar-refractivity contribution in [3.05, 3.63) is 60.2 Å². The third kappa shape index (κ3) is 6.73. The maximum atomic E-state index is 5.15. The number of hydrogen-bond acceptors (Lipinski definition) is 6. The largest absolute Gasteiger partial charge is 0.497 e. The van der Waals surface area contributed by atoms with E-state index in [2.05, 4.69) is 32.3 Å². The molecule has 1 heterocycles. The van der Waals surface area contributed by atoms with Crippen LogP contribution in [0.4, 0.5) is 0 Å². The highest BCUT2D eigenvalue weighted by molar-refractivity contribution is 5.54. The van der Waals surface area contributed by atoms with E-state index in [4.69, 9.17) is 9.47 Å². The molecule has 24 heavy (non-hydrogen) atoms. The van der Waals surface area contributed by atoms with Gasteiger partial charge in [-0.25, -0.2) is 0 Å². The molecule has 8 heteroatoms. The molecule has 0 aliphatic carbocycles. The summed E-state index contributed by atoms with van der Waals surface area (Å²) in [6.07, 6.45) is 8.17. The lowest BCUT2D eigenvalue weighted by Crippen LogP contribution is -2.16. The average molecular weight is 330 g/mol. The minimum atomic E-state index is 0.422. The van der Waals surface area contributed by atoms with E-state index < -0.39 is 0 Å². The van der Waals surface area contributed by atoms with Crippen molar-refractivity contribution in [2.75, 3.05) is 21.3 Å². The highest BCUT2D eigenvalue weighted by Gasteiger charge is 1.93. The van der Waals surface area contributed by atoms with E-state index in [0.717, 1.165) is 0 Å². The fourth-order valence-electron chi connectivity index (χ4n) is 1.51. The maximum absolute atomic E-state index is 5.15. The van der Waals surface area contributed by atoms with E-state index >= 15 is 0 Å². The van der Waals surface area contributed by atoms with Gasteiger partial charge in [0.25, 0.3) is 0 Å². The number of allylic oxidation sites excluding steroid dienone is 2. The van der Waals surface area contributed by atoms with Gasteiger partial charge in [-0.15, -0.1) is 15.3 Å². The molecule has 0 unspecified atom stereocenters. The Morgan fingerprint density at radius 3 is 2.83 bits per heavy atom. The van der Waals surface area contributed by atoms with Crippen LogP contribution in [0.2, 0.25) is 0 Å². The SMILES string of the molecule is C=C(/C=C(\C=C/NC)OC)N=N/C=N/N=c1\cc(OC)ccn1C. The number of nitrogens with one attached hydrogen (secondary N) is 1. The quantitative estimate of drug-likeness (QED) is 0.198. The summed E-state index contributed by atoms with van der Waals surface area (Å²) in [5.41, 5.74) is 1.05. The van der Waals surface area contributed by atoms with Crippen molar-refractivity contribution in [2.45, 2.75) is 0 Å². The Bertz CT molecular complexity index is 728. The average Bonchev–Trinajstić information content (AvgIpc) is 2.59. The highest BCUT2D eigenvalue weighted by Crippen LogP contribution is 2.05. The summed E-state index contributed by atoms with van der Waals surface area (Å²) in [7, 11) is 6.80. The van der Waals surface area contributed by atoms with Gasteiger partial charge >= 0.3 is 0 Å². The molecule has 1 aromatic heterocycles. The normalized spacial score (nSPS) is 13.2. The molecule has 0 aromatic carbocycles. The summed E-state index contributed by atoms with van der Waals surface area (Å²) in [4.78, 5) is 0. The molecule has 0 spiro atoms. The Balaban J connectivity index is 2.74. The molecule has 1 N–H and O–H groups in total. The van der Waals surface area contributed by atoms with Crippen LogP contribution in [0.25, 0.3) is 0 Å². The van der Waals surface area contributed by atoms with Crippen molar-refractivity contribution in [1.82, 2.24) is 9.88 Å². The lowest BCUT2D eigenvalue weighted by atomic mass is 10.4. The van der Waals surface area contributed by atoms with E-state index in [1.807, 2.05) is 19.3 Å². The van der Waals surface area contributed by atoms with Gasteiger partial charge < -0.3 is 19.4 Å². The summed E-state index contributed by atoms with van der Waals surface area (Å²) >= 11 is 0. The second-order valence-electron chi connectivity index (χ2n) is 4.45. The molecule has 0 aliphatic heterocycles. The number of nitrogens with zero attached hydrogens (tertiary/aromatic N) is 5. The minimum absolute atomic E-state index is 0.422. The van der Waals surface area contributed by atoms with Gasteiger partial charge in [-0.1, -0.05) is 6.58 Å². The first-order valence-electron chi connectivity index (χ1n) is 7.06. The van der Waals surface area contributed by atoms with Gasteiger partial charge in [0.05, 0.1) is 19.9 Å². The molecular formula is C16H22N6O2. The van der Waals surface area contributed by atoms with Crippen molar-refractivity contribution < 1.29 is 9.47 Å². The van der Waals surface area contributed by atoms with Crippen molar-refractivity contribution in [3.8, 4) is 5.75 Å². The maximum Gasteiger partial charge on any atom is 0.160 e. The molecule has 0 radical (unpaired) electrons. The monoisotopic (exact) mass is 330 g/mol. The van der Waals surface area contributed by atoms with Crippen molar-refractivity contribution >= 4 is 6.34 Å². The molecular weight excluding hydrogens is 308 g/mol. The topological polar surface area (TPSA) is 84.9 Å². The molecule has 0 saturated carbocycles. The molecule has 8 nitrogen and oxygen atoms in total. The van der Waals surface area contributed by atoms with Crippen molar-refractivity contribution in [1.29, 1.82) is 0 Å². The van der Waals surface area contributed by atoms with Crippen LogP contribution in [0.15, 0.2) is 75.1 Å². The third-order valence-electron chi connectivity index (χ3n) is 2.74. The molecule has 0 amide bonds. The second-order valence-corrected chi connectivity index (χ2v) is 4.45. The molecule has 1 rings (SSSR count). The standard InChI is InChI=1S/C16H22N6O2/c1-13(10-14(23-4)6-8-17-2)20-18-12-19-21-16-11-15(24-5)7-9-22(16)3/h6-12,17H,1H2,2-5H3/b8-6-,14-10+,19-12+,20-18?,21-16+. The number of aryl methyl sites for hydroxylation is 1. The number of rotatable bonds is 8. The van der Waals surface area contributed by atoms with E-state index in [9.17, 15) is 0 Å². The molecule has 1 aromatic rings. The van der Waals surface area contributed by atoms with Gasteiger partial charge in [-0.05, 0) is 18.3 Å². The first-order chi connectivity index (χ1) is 11.6. The lowest BCUT2D eigenvalue weighted by Gasteiger charge is -2.01. The van der Waals surface area contributed by atoms with Crippen LogP contribution in [-0.4, -0.2) is 32.2 Å². The lowest BCUT2D eigenvalue weighted by molar-refractivity contribution is 0.306. The van der Waals surface area contributed by atoms with Gasteiger partial charge in [0.2, 0.25) is 0 Å². The number of pyridine rings is 1.